The van der Waals surface area contributed by atoms with Crippen LogP contribution < -0.4 is 11.3 Å². The summed E-state index contributed by atoms with van der Waals surface area (Å²) in [5.41, 5.74) is 2.54. The van der Waals surface area contributed by atoms with Gasteiger partial charge in [-0.25, -0.2) is 8.42 Å². The van der Waals surface area contributed by atoms with Crippen molar-refractivity contribution in [2.24, 2.45) is 5.84 Å². The smallest absolute Gasteiger partial charge is 0.147 e. The lowest BCUT2D eigenvalue weighted by Crippen LogP contribution is -2.29. The first kappa shape index (κ1) is 11.5. The summed E-state index contributed by atoms with van der Waals surface area (Å²) in [5.74, 6) is 5.40. The number of nitrogens with zero attached hydrogens (tertiary/aromatic N) is 2. The molecule has 1 aromatic rings. The molecule has 1 unspecified atom stereocenters. The van der Waals surface area contributed by atoms with Gasteiger partial charge in [-0.3, -0.25) is 11.3 Å². The maximum absolute atomic E-state index is 10.9. The summed E-state index contributed by atoms with van der Waals surface area (Å²) in [6.45, 7) is 0. The lowest BCUT2D eigenvalue weighted by atomic mass is 10.2. The van der Waals surface area contributed by atoms with Gasteiger partial charge in [-0.05, 0) is 18.0 Å². The maximum Gasteiger partial charge on any atom is 0.147 e. The van der Waals surface area contributed by atoms with Gasteiger partial charge in [0.05, 0.1) is 22.9 Å². The zero-order chi connectivity index (χ0) is 10.6. The normalized spacial score (nSPS) is 14.1. The van der Waals surface area contributed by atoms with Gasteiger partial charge in [0.2, 0.25) is 0 Å². The van der Waals surface area contributed by atoms with E-state index in [1.807, 2.05) is 0 Å². The second-order valence-corrected chi connectivity index (χ2v) is 6.03. The standard InChI is InChI=1S/C6H12N4O2S2/c1-14(11,12)3-2-5(9-7)6-4-8-10-13-6/h4-5,9H,2-3,7H2,1H3. The molecule has 8 heteroatoms. The highest BCUT2D eigenvalue weighted by Gasteiger charge is 2.14. The second kappa shape index (κ2) is 4.78. The summed E-state index contributed by atoms with van der Waals surface area (Å²) >= 11 is 1.21. The first-order valence-corrected chi connectivity index (χ1v) is 6.77. The number of aromatic nitrogens is 2. The number of nitrogens with one attached hydrogen (secondary N) is 1. The minimum absolute atomic E-state index is 0.0970. The average molecular weight is 236 g/mol. The molecular weight excluding hydrogens is 224 g/mol. The van der Waals surface area contributed by atoms with E-state index in [0.717, 1.165) is 4.88 Å². The Morgan fingerprint density at radius 1 is 1.71 bits per heavy atom. The average Bonchev–Trinajstić information content (AvgIpc) is 2.56. The molecule has 0 aliphatic carbocycles. The highest BCUT2D eigenvalue weighted by molar-refractivity contribution is 7.90. The van der Waals surface area contributed by atoms with Crippen LogP contribution in [0.15, 0.2) is 6.20 Å². The molecule has 1 heterocycles. The highest BCUT2D eigenvalue weighted by atomic mass is 32.2. The van der Waals surface area contributed by atoms with Crippen LogP contribution in [0, 0.1) is 0 Å². The minimum atomic E-state index is -2.95. The third-order valence-corrected chi connectivity index (χ3v) is 3.45. The van der Waals surface area contributed by atoms with Gasteiger partial charge in [0, 0.05) is 6.26 Å². The van der Waals surface area contributed by atoms with Crippen molar-refractivity contribution in [2.75, 3.05) is 12.0 Å². The molecule has 1 rings (SSSR count). The lowest BCUT2D eigenvalue weighted by molar-refractivity contribution is 0.537. The molecule has 1 aromatic heterocycles. The van der Waals surface area contributed by atoms with E-state index in [1.165, 1.54) is 17.8 Å². The number of sulfone groups is 1. The number of hydrazine groups is 1. The molecule has 0 aliphatic rings. The van der Waals surface area contributed by atoms with E-state index in [0.29, 0.717) is 6.42 Å². The molecule has 3 N–H and O–H groups in total. The fourth-order valence-electron chi connectivity index (χ4n) is 0.968. The predicted octanol–water partition coefficient (Wildman–Crippen LogP) is -0.523. The maximum atomic E-state index is 10.9. The minimum Gasteiger partial charge on any atom is -0.271 e. The van der Waals surface area contributed by atoms with E-state index in [1.54, 1.807) is 6.20 Å². The van der Waals surface area contributed by atoms with Crippen LogP contribution >= 0.6 is 11.5 Å². The van der Waals surface area contributed by atoms with Gasteiger partial charge in [0.1, 0.15) is 9.84 Å². The Hall–Kier alpha value is -0.570. The summed E-state index contributed by atoms with van der Waals surface area (Å²) in [7, 11) is -2.95. The van der Waals surface area contributed by atoms with Crippen LogP contribution in [0.5, 0.6) is 0 Å². The Kier molecular flexibility index (Phi) is 3.93. The van der Waals surface area contributed by atoms with E-state index < -0.39 is 9.84 Å². The Bertz CT molecular complexity index is 361. The largest absolute Gasteiger partial charge is 0.271 e. The molecule has 6 nitrogen and oxygen atoms in total. The Morgan fingerprint density at radius 2 is 2.43 bits per heavy atom. The van der Waals surface area contributed by atoms with Crippen LogP contribution in [0.1, 0.15) is 17.3 Å². The quantitative estimate of drug-likeness (QED) is 0.527. The zero-order valence-electron chi connectivity index (χ0n) is 7.67. The molecule has 0 saturated heterocycles. The van der Waals surface area contributed by atoms with Crippen LogP contribution in [0.4, 0.5) is 0 Å². The van der Waals surface area contributed by atoms with Crippen LogP contribution in [0.25, 0.3) is 0 Å². The molecule has 0 bridgehead atoms. The zero-order valence-corrected chi connectivity index (χ0v) is 9.31. The Morgan fingerprint density at radius 3 is 2.86 bits per heavy atom. The third kappa shape index (κ3) is 3.66. The Balaban J connectivity index is 2.57. The lowest BCUT2D eigenvalue weighted by Gasteiger charge is -2.11. The predicted molar refractivity (Wildman–Crippen MR) is 54.3 cm³/mol. The van der Waals surface area contributed by atoms with Gasteiger partial charge in [0.15, 0.2) is 0 Å². The van der Waals surface area contributed by atoms with Gasteiger partial charge in [-0.1, -0.05) is 4.49 Å². The number of hydrogen-bond donors (Lipinski definition) is 2. The molecule has 0 radical (unpaired) electrons. The topological polar surface area (TPSA) is 98.0 Å². The van der Waals surface area contributed by atoms with Crippen molar-refractivity contribution in [3.8, 4) is 0 Å². The summed E-state index contributed by atoms with van der Waals surface area (Å²) in [5, 5.41) is 3.66. The molecule has 0 amide bonds. The number of rotatable bonds is 5. The van der Waals surface area contributed by atoms with Crippen molar-refractivity contribution in [1.29, 1.82) is 0 Å². The summed E-state index contributed by atoms with van der Waals surface area (Å²) in [6, 6.07) is -0.190. The first-order valence-electron chi connectivity index (χ1n) is 3.94. The molecule has 80 valence electrons. The Labute approximate surface area is 86.6 Å². The first-order chi connectivity index (χ1) is 6.53. The molecule has 0 fully saturated rings. The molecule has 0 spiro atoms. The van der Waals surface area contributed by atoms with Crippen molar-refractivity contribution in [2.45, 2.75) is 12.5 Å². The van der Waals surface area contributed by atoms with Crippen molar-refractivity contribution in [3.63, 3.8) is 0 Å². The van der Waals surface area contributed by atoms with Crippen LogP contribution in [0.3, 0.4) is 0 Å². The summed E-state index contributed by atoms with van der Waals surface area (Å²) in [4.78, 5) is 0.844. The third-order valence-electron chi connectivity index (χ3n) is 1.70. The fourth-order valence-corrected chi connectivity index (χ4v) is 2.23. The van der Waals surface area contributed by atoms with Crippen molar-refractivity contribution >= 4 is 21.4 Å². The molecule has 0 aliphatic heterocycles. The van der Waals surface area contributed by atoms with Gasteiger partial charge in [-0.2, -0.15) is 0 Å². The highest BCUT2D eigenvalue weighted by Crippen LogP contribution is 2.18. The van der Waals surface area contributed by atoms with Gasteiger partial charge in [-0.15, -0.1) is 5.10 Å². The van der Waals surface area contributed by atoms with Gasteiger partial charge >= 0.3 is 0 Å². The van der Waals surface area contributed by atoms with E-state index in [2.05, 4.69) is 15.0 Å². The molecule has 14 heavy (non-hydrogen) atoms. The summed E-state index contributed by atoms with van der Waals surface area (Å²) < 4.78 is 25.5. The van der Waals surface area contributed by atoms with Crippen LogP contribution in [0.2, 0.25) is 0 Å². The van der Waals surface area contributed by atoms with Crippen LogP contribution in [-0.2, 0) is 9.84 Å². The van der Waals surface area contributed by atoms with Crippen LogP contribution in [-0.4, -0.2) is 30.0 Å². The SMILES string of the molecule is CS(=O)(=O)CCC(NN)c1cnns1. The fraction of sp³-hybridized carbons (Fsp3) is 0.667. The summed E-state index contributed by atoms with van der Waals surface area (Å²) in [6.07, 6.45) is 3.21. The molecule has 0 saturated carbocycles. The second-order valence-electron chi connectivity index (χ2n) is 2.96. The van der Waals surface area contributed by atoms with E-state index in [-0.39, 0.29) is 11.8 Å². The van der Waals surface area contributed by atoms with Crippen molar-refractivity contribution in [3.05, 3.63) is 11.1 Å². The van der Waals surface area contributed by atoms with Crippen molar-refractivity contribution < 1.29 is 8.42 Å². The molecule has 1 atom stereocenters. The van der Waals surface area contributed by atoms with Gasteiger partial charge < -0.3 is 0 Å². The molecular formula is C6H12N4O2S2. The van der Waals surface area contributed by atoms with E-state index >= 15 is 0 Å². The van der Waals surface area contributed by atoms with Crippen molar-refractivity contribution in [1.82, 2.24) is 15.0 Å². The van der Waals surface area contributed by atoms with E-state index in [4.69, 9.17) is 5.84 Å². The number of nitrogens with two attached hydrogens (primary N) is 1. The monoisotopic (exact) mass is 236 g/mol. The number of hydrogen-bond acceptors (Lipinski definition) is 7. The van der Waals surface area contributed by atoms with E-state index in [9.17, 15) is 8.42 Å². The molecule has 0 aromatic carbocycles. The van der Waals surface area contributed by atoms with Gasteiger partial charge in [0.25, 0.3) is 0 Å².